The number of carbonyl (C=O) groups is 1. The van der Waals surface area contributed by atoms with Crippen LogP contribution in [0.25, 0.3) is 0 Å². The number of ether oxygens (including phenoxy) is 1. The van der Waals surface area contributed by atoms with Gasteiger partial charge >= 0.3 is 0 Å². The van der Waals surface area contributed by atoms with Crippen molar-refractivity contribution in [1.82, 2.24) is 5.32 Å². The average Bonchev–Trinajstić information content (AvgIpc) is 3.57. The summed E-state index contributed by atoms with van der Waals surface area (Å²) in [6, 6.07) is 19.4. The van der Waals surface area contributed by atoms with Crippen molar-refractivity contribution < 1.29 is 40.6 Å². The molecule has 3 aromatic carbocycles. The quantitative estimate of drug-likeness (QED) is 0.0471. The fraction of sp³-hybridized carbons (Fsp3) is 0.481. The summed E-state index contributed by atoms with van der Waals surface area (Å²) in [6.45, 7) is 16.3. The zero-order valence-corrected chi connectivity index (χ0v) is 43.7. The standard InChI is InChI=1S/C54H73N5O6S2/c1-38(2)55-51(60)31-20-39-18-23-42(24-19-39)65-52-40(21-29-49-53(3,4)45-36-43(66-61)25-27-47(45)56(49)32-14-34-58(7,8)9)16-13-17-41(52)22-30-50-54(5,6)46-37-44(67(62,63)64)26-28-48(46)57(50)33-15-35-59(10,11)12/h18-19,21-30,36-38H,13-17,20,31-35H2,1-12H3/p+3. The molecule has 2 heterocycles. The van der Waals surface area contributed by atoms with E-state index in [0.717, 1.165) is 124 Å². The molecular weight excluding hydrogens is 879 g/mol. The lowest BCUT2D eigenvalue weighted by molar-refractivity contribution is -0.871. The van der Waals surface area contributed by atoms with Gasteiger partial charge in [-0.25, -0.2) is 0 Å². The highest BCUT2D eigenvalue weighted by Gasteiger charge is 2.45. The number of carbonyl (C=O) groups excluding carboxylic acids is 1. The second-order valence-corrected chi connectivity index (χ2v) is 23.9. The molecule has 0 saturated heterocycles. The third-order valence-electron chi connectivity index (χ3n) is 13.1. The number of nitrogens with one attached hydrogen (secondary N) is 1. The predicted octanol–water partition coefficient (Wildman–Crippen LogP) is 10.2. The van der Waals surface area contributed by atoms with E-state index in [2.05, 4.69) is 121 Å². The van der Waals surface area contributed by atoms with Gasteiger partial charge in [0.15, 0.2) is 12.3 Å². The van der Waals surface area contributed by atoms with Crippen molar-refractivity contribution in [1.29, 1.82) is 0 Å². The molecule has 0 saturated carbocycles. The normalized spacial score (nSPS) is 18.5. The highest BCUT2D eigenvalue weighted by molar-refractivity contribution is 7.93. The highest BCUT2D eigenvalue weighted by Crippen LogP contribution is 2.49. The molecule has 0 spiro atoms. The molecule has 362 valence electrons. The summed E-state index contributed by atoms with van der Waals surface area (Å²) in [5, 5.41) is 2.98. The molecule has 67 heavy (non-hydrogen) atoms. The average molecular weight is 955 g/mol. The molecule has 3 N–H and O–H groups in total. The molecule has 11 nitrogen and oxygen atoms in total. The maximum absolute atomic E-state index is 12.4. The Balaban J connectivity index is 1.45. The Bertz CT molecular complexity index is 2590. The fourth-order valence-electron chi connectivity index (χ4n) is 9.62. The number of fused-ring (bicyclic) bond motifs is 2. The van der Waals surface area contributed by atoms with Crippen LogP contribution in [0.4, 0.5) is 11.4 Å². The van der Waals surface area contributed by atoms with Crippen LogP contribution in [0.5, 0.6) is 5.75 Å². The van der Waals surface area contributed by atoms with Gasteiger partial charge in [0, 0.05) is 76.9 Å². The van der Waals surface area contributed by atoms with Crippen molar-refractivity contribution in [3.63, 3.8) is 0 Å². The lowest BCUT2D eigenvalue weighted by Crippen LogP contribution is -2.37. The van der Waals surface area contributed by atoms with E-state index in [9.17, 15) is 22.3 Å². The minimum atomic E-state index is -4.40. The number of rotatable bonds is 19. The van der Waals surface area contributed by atoms with E-state index in [4.69, 9.17) is 4.74 Å². The third-order valence-corrected chi connectivity index (χ3v) is 14.5. The van der Waals surface area contributed by atoms with Crippen molar-refractivity contribution in [2.45, 2.75) is 113 Å². The van der Waals surface area contributed by atoms with Gasteiger partial charge in [-0.15, -0.1) is 0 Å². The topological polar surface area (TPSA) is 119 Å². The van der Waals surface area contributed by atoms with E-state index in [0.29, 0.717) is 18.6 Å². The number of hydrogen-bond donors (Lipinski definition) is 3. The van der Waals surface area contributed by atoms with Crippen LogP contribution >= 0.6 is 12.0 Å². The Morgan fingerprint density at radius 1 is 0.881 bits per heavy atom. The van der Waals surface area contributed by atoms with Crippen LogP contribution in [0.15, 0.2) is 117 Å². The molecule has 0 atom stereocenters. The summed E-state index contributed by atoms with van der Waals surface area (Å²) in [4.78, 5) is 15.6. The molecule has 0 unspecified atom stereocenters. The summed E-state index contributed by atoms with van der Waals surface area (Å²) in [6.07, 6.45) is 14.4. The third kappa shape index (κ3) is 12.8. The molecule has 1 aliphatic carbocycles. The summed E-state index contributed by atoms with van der Waals surface area (Å²) in [5.74, 6) is 1.56. The summed E-state index contributed by atoms with van der Waals surface area (Å²) < 4.78 is 55.9. The first-order chi connectivity index (χ1) is 31.3. The minimum Gasteiger partial charge on any atom is -0.457 e. The smallest absolute Gasteiger partial charge is 0.294 e. The molecule has 0 bridgehead atoms. The van der Waals surface area contributed by atoms with E-state index in [1.54, 1.807) is 6.07 Å². The van der Waals surface area contributed by atoms with Crippen LogP contribution in [-0.2, 0) is 32.2 Å². The van der Waals surface area contributed by atoms with Gasteiger partial charge in [-0.05, 0) is 130 Å². The first kappa shape index (κ1) is 51.9. The van der Waals surface area contributed by atoms with Crippen molar-refractivity contribution in [3.05, 3.63) is 124 Å². The van der Waals surface area contributed by atoms with Crippen LogP contribution in [0, 0.1) is 0 Å². The number of benzene rings is 3. The molecule has 6 rings (SSSR count). The lowest BCUT2D eigenvalue weighted by atomic mass is 9.81. The van der Waals surface area contributed by atoms with Crippen molar-refractivity contribution in [3.8, 4) is 5.75 Å². The van der Waals surface area contributed by atoms with E-state index in [1.165, 1.54) is 23.0 Å². The molecule has 2 aliphatic heterocycles. The second kappa shape index (κ2) is 20.6. The number of anilines is 1. The van der Waals surface area contributed by atoms with E-state index in [-0.39, 0.29) is 22.3 Å². The Morgan fingerprint density at radius 3 is 2.21 bits per heavy atom. The fourth-order valence-corrected chi connectivity index (χ4v) is 10.4. The summed E-state index contributed by atoms with van der Waals surface area (Å²) in [7, 11) is 8.84. The van der Waals surface area contributed by atoms with Crippen LogP contribution < -0.4 is 15.0 Å². The number of quaternary nitrogens is 2. The van der Waals surface area contributed by atoms with Gasteiger partial charge in [-0.2, -0.15) is 13.0 Å². The van der Waals surface area contributed by atoms with Gasteiger partial charge in [0.1, 0.15) is 11.5 Å². The van der Waals surface area contributed by atoms with Gasteiger partial charge in [0.25, 0.3) is 10.1 Å². The molecule has 0 radical (unpaired) electrons. The van der Waals surface area contributed by atoms with Gasteiger partial charge in [-0.1, -0.05) is 32.1 Å². The van der Waals surface area contributed by atoms with Gasteiger partial charge in [-0.3, -0.25) is 9.35 Å². The second-order valence-electron chi connectivity index (χ2n) is 21.9. The van der Waals surface area contributed by atoms with Crippen molar-refractivity contribution in [2.75, 3.05) is 73.4 Å². The molecular formula is C54H76N5O6S2+3. The Morgan fingerprint density at radius 2 is 1.57 bits per heavy atom. The van der Waals surface area contributed by atoms with Crippen LogP contribution in [-0.4, -0.2) is 117 Å². The molecule has 3 aromatic rings. The largest absolute Gasteiger partial charge is 0.457 e. The van der Waals surface area contributed by atoms with E-state index >= 15 is 0 Å². The first-order valence-corrected chi connectivity index (χ1v) is 26.0. The number of aryl methyl sites for hydroxylation is 1. The number of amides is 1. The van der Waals surface area contributed by atoms with Crippen LogP contribution in [0.3, 0.4) is 0 Å². The van der Waals surface area contributed by atoms with Gasteiger partial charge < -0.3 is 28.5 Å². The Hall–Kier alpha value is -4.50. The lowest BCUT2D eigenvalue weighted by Gasteiger charge is -2.29. The maximum Gasteiger partial charge on any atom is 0.294 e. The van der Waals surface area contributed by atoms with Gasteiger partial charge in [0.2, 0.25) is 11.6 Å². The maximum atomic E-state index is 12.4. The van der Waals surface area contributed by atoms with E-state index < -0.39 is 15.5 Å². The van der Waals surface area contributed by atoms with Gasteiger partial charge in [0.05, 0.1) is 72.1 Å². The Labute approximate surface area is 405 Å². The summed E-state index contributed by atoms with van der Waals surface area (Å²) in [5.41, 5.74) is 8.70. The van der Waals surface area contributed by atoms with Crippen LogP contribution in [0.1, 0.15) is 96.8 Å². The molecule has 0 fully saturated rings. The molecule has 13 heteroatoms. The predicted molar refractivity (Wildman–Crippen MR) is 274 cm³/mol. The monoisotopic (exact) mass is 955 g/mol. The highest BCUT2D eigenvalue weighted by atomic mass is 32.2. The SMILES string of the molecule is CC(C)NC(=O)CCc1ccc(OC2=C(/C=C/C3=[N+](CCC[N+](C)(C)C)c4ccc(S(=O)(=O)O)cc4C3(C)C)CCC/C2=C\C=C2\N(CCC[N+](C)(C)C)c3ccc(SO)cc3C2(C)C)cc1. The zero-order valence-electron chi connectivity index (χ0n) is 42.1. The molecule has 3 aliphatic rings. The zero-order chi connectivity index (χ0) is 49.1. The van der Waals surface area contributed by atoms with Crippen LogP contribution in [0.2, 0.25) is 0 Å². The number of allylic oxidation sites excluding steroid dienone is 7. The van der Waals surface area contributed by atoms with Crippen molar-refractivity contribution in [2.24, 2.45) is 0 Å². The summed E-state index contributed by atoms with van der Waals surface area (Å²) >= 11 is 0.780. The minimum absolute atomic E-state index is 0.0356. The molecule has 1 amide bonds. The van der Waals surface area contributed by atoms with E-state index in [1.807, 2.05) is 50.2 Å². The molecule has 0 aromatic heterocycles. The number of hydrogen-bond acceptors (Lipinski definition) is 7. The number of nitrogens with zero attached hydrogens (tertiary/aromatic N) is 4. The van der Waals surface area contributed by atoms with Crippen molar-refractivity contribution >= 4 is 45.2 Å². The Kier molecular flexibility index (Phi) is 16.0. The first-order valence-electron chi connectivity index (χ1n) is 23.8.